The van der Waals surface area contributed by atoms with Gasteiger partial charge in [-0.25, -0.2) is 4.98 Å². The Morgan fingerprint density at radius 3 is 2.60 bits per heavy atom. The third-order valence-electron chi connectivity index (χ3n) is 3.49. The Bertz CT molecular complexity index is 609. The minimum absolute atomic E-state index is 0.496. The zero-order valence-corrected chi connectivity index (χ0v) is 12.0. The van der Waals surface area contributed by atoms with Crippen LogP contribution in [0.5, 0.6) is 0 Å². The van der Waals surface area contributed by atoms with Crippen molar-refractivity contribution in [3.8, 4) is 11.3 Å². The van der Waals surface area contributed by atoms with Crippen molar-refractivity contribution in [2.75, 3.05) is 23.7 Å². The minimum Gasteiger partial charge on any atom is -0.384 e. The number of benzene rings is 1. The first-order valence-electron chi connectivity index (χ1n) is 6.88. The van der Waals surface area contributed by atoms with Crippen LogP contribution in [0.3, 0.4) is 0 Å². The summed E-state index contributed by atoms with van der Waals surface area (Å²) < 4.78 is 0. The highest BCUT2D eigenvalue weighted by molar-refractivity contribution is 6.30. The average molecular weight is 289 g/mol. The number of hydrogen-bond acceptors (Lipinski definition) is 4. The van der Waals surface area contributed by atoms with Gasteiger partial charge in [-0.15, -0.1) is 0 Å². The lowest BCUT2D eigenvalue weighted by atomic mass is 10.1. The molecular formula is C15H17ClN4. The molecule has 0 aliphatic carbocycles. The van der Waals surface area contributed by atoms with Crippen molar-refractivity contribution in [1.29, 1.82) is 0 Å². The highest BCUT2D eigenvalue weighted by Crippen LogP contribution is 2.25. The lowest BCUT2D eigenvalue weighted by Gasteiger charge is -2.27. The third-order valence-corrected chi connectivity index (χ3v) is 3.73. The monoisotopic (exact) mass is 288 g/mol. The molecule has 4 nitrogen and oxygen atoms in total. The van der Waals surface area contributed by atoms with Crippen LogP contribution >= 0.6 is 11.6 Å². The fraction of sp³-hybridized carbons (Fsp3) is 0.333. The van der Waals surface area contributed by atoms with Crippen LogP contribution in [0.1, 0.15) is 19.3 Å². The molecule has 0 unspecified atom stereocenters. The Balaban J connectivity index is 1.97. The Labute approximate surface area is 123 Å². The summed E-state index contributed by atoms with van der Waals surface area (Å²) >= 11 is 6.04. The van der Waals surface area contributed by atoms with Crippen LogP contribution in [0.2, 0.25) is 5.02 Å². The smallest absolute Gasteiger partial charge is 0.227 e. The first-order valence-corrected chi connectivity index (χ1v) is 7.25. The second-order valence-corrected chi connectivity index (χ2v) is 5.47. The van der Waals surface area contributed by atoms with E-state index in [-0.39, 0.29) is 0 Å². The molecule has 1 aromatic heterocycles. The van der Waals surface area contributed by atoms with Gasteiger partial charge in [0.25, 0.3) is 0 Å². The standard InChI is InChI=1S/C15H17ClN4/c16-12-6-4-5-11(9-12)13-10-14(17)19-15(18-13)20-7-2-1-3-8-20/h4-6,9-10H,1-3,7-8H2,(H2,17,18,19). The van der Waals surface area contributed by atoms with Crippen molar-refractivity contribution in [1.82, 2.24) is 9.97 Å². The van der Waals surface area contributed by atoms with Gasteiger partial charge in [-0.1, -0.05) is 23.7 Å². The summed E-state index contributed by atoms with van der Waals surface area (Å²) in [6.07, 6.45) is 3.65. The van der Waals surface area contributed by atoms with Gasteiger partial charge in [-0.3, -0.25) is 0 Å². The summed E-state index contributed by atoms with van der Waals surface area (Å²) in [4.78, 5) is 11.2. The van der Waals surface area contributed by atoms with E-state index < -0.39 is 0 Å². The predicted octanol–water partition coefficient (Wildman–Crippen LogP) is 3.37. The molecule has 0 amide bonds. The Hall–Kier alpha value is -1.81. The molecule has 2 aromatic rings. The lowest BCUT2D eigenvalue weighted by Crippen LogP contribution is -2.31. The molecular weight excluding hydrogens is 272 g/mol. The number of rotatable bonds is 2. The van der Waals surface area contributed by atoms with Crippen LogP contribution < -0.4 is 10.6 Å². The summed E-state index contributed by atoms with van der Waals surface area (Å²) in [5, 5.41) is 0.694. The fourth-order valence-electron chi connectivity index (χ4n) is 2.48. The SMILES string of the molecule is Nc1cc(-c2cccc(Cl)c2)nc(N2CCCCC2)n1. The zero-order valence-electron chi connectivity index (χ0n) is 11.2. The highest BCUT2D eigenvalue weighted by Gasteiger charge is 2.15. The largest absolute Gasteiger partial charge is 0.384 e. The first kappa shape index (κ1) is 13.2. The molecule has 1 aromatic carbocycles. The average Bonchev–Trinajstić information content (AvgIpc) is 2.47. The summed E-state index contributed by atoms with van der Waals surface area (Å²) in [5.74, 6) is 1.22. The van der Waals surface area contributed by atoms with Crippen LogP contribution in [0.15, 0.2) is 30.3 Å². The molecule has 0 radical (unpaired) electrons. The second-order valence-electron chi connectivity index (χ2n) is 5.04. The number of piperidine rings is 1. The van der Waals surface area contributed by atoms with Gasteiger partial charge >= 0.3 is 0 Å². The molecule has 0 atom stereocenters. The van der Waals surface area contributed by atoms with Crippen molar-refractivity contribution in [3.05, 3.63) is 35.4 Å². The van der Waals surface area contributed by atoms with Gasteiger partial charge in [0, 0.05) is 29.7 Å². The molecule has 1 fully saturated rings. The summed E-state index contributed by atoms with van der Waals surface area (Å²) in [6.45, 7) is 2.00. The molecule has 0 saturated carbocycles. The van der Waals surface area contributed by atoms with E-state index in [0.717, 1.165) is 30.3 Å². The maximum Gasteiger partial charge on any atom is 0.227 e. The quantitative estimate of drug-likeness (QED) is 0.920. The van der Waals surface area contributed by atoms with Crippen LogP contribution in [0.4, 0.5) is 11.8 Å². The van der Waals surface area contributed by atoms with E-state index in [0.29, 0.717) is 10.8 Å². The number of nitrogen functional groups attached to an aromatic ring is 1. The topological polar surface area (TPSA) is 55.0 Å². The molecule has 2 heterocycles. The minimum atomic E-state index is 0.496. The van der Waals surface area contributed by atoms with Crippen molar-refractivity contribution in [2.45, 2.75) is 19.3 Å². The summed E-state index contributed by atoms with van der Waals surface area (Å²) in [6, 6.07) is 9.42. The molecule has 3 rings (SSSR count). The van der Waals surface area contributed by atoms with Gasteiger partial charge < -0.3 is 10.6 Å². The Kier molecular flexibility index (Phi) is 3.74. The number of nitrogens with zero attached hydrogens (tertiary/aromatic N) is 3. The van der Waals surface area contributed by atoms with Gasteiger partial charge in [0.1, 0.15) is 5.82 Å². The van der Waals surface area contributed by atoms with Gasteiger partial charge in [0.15, 0.2) is 0 Å². The Morgan fingerprint density at radius 2 is 1.85 bits per heavy atom. The number of aromatic nitrogens is 2. The molecule has 0 bridgehead atoms. The van der Waals surface area contributed by atoms with Crippen molar-refractivity contribution >= 4 is 23.4 Å². The summed E-state index contributed by atoms with van der Waals surface area (Å²) in [7, 11) is 0. The molecule has 1 aliphatic rings. The van der Waals surface area contributed by atoms with E-state index in [9.17, 15) is 0 Å². The van der Waals surface area contributed by atoms with Crippen LogP contribution in [-0.2, 0) is 0 Å². The number of anilines is 2. The maximum atomic E-state index is 6.04. The van der Waals surface area contributed by atoms with Crippen LogP contribution in [-0.4, -0.2) is 23.1 Å². The van der Waals surface area contributed by atoms with E-state index in [1.165, 1.54) is 19.3 Å². The van der Waals surface area contributed by atoms with Crippen molar-refractivity contribution < 1.29 is 0 Å². The van der Waals surface area contributed by atoms with Gasteiger partial charge in [0.05, 0.1) is 5.69 Å². The number of nitrogens with two attached hydrogens (primary N) is 1. The fourth-order valence-corrected chi connectivity index (χ4v) is 2.67. The molecule has 1 saturated heterocycles. The van der Waals surface area contributed by atoms with Gasteiger partial charge in [-0.2, -0.15) is 4.98 Å². The first-order chi connectivity index (χ1) is 9.72. The van der Waals surface area contributed by atoms with Crippen molar-refractivity contribution in [3.63, 3.8) is 0 Å². The van der Waals surface area contributed by atoms with Gasteiger partial charge in [-0.05, 0) is 31.4 Å². The van der Waals surface area contributed by atoms with Crippen LogP contribution in [0, 0.1) is 0 Å². The second kappa shape index (κ2) is 5.67. The van der Waals surface area contributed by atoms with E-state index in [1.807, 2.05) is 24.3 Å². The normalized spacial score (nSPS) is 15.3. The number of hydrogen-bond donors (Lipinski definition) is 1. The Morgan fingerprint density at radius 1 is 1.05 bits per heavy atom. The third kappa shape index (κ3) is 2.85. The zero-order chi connectivity index (χ0) is 13.9. The van der Waals surface area contributed by atoms with E-state index in [1.54, 1.807) is 6.07 Å². The summed E-state index contributed by atoms with van der Waals surface area (Å²) in [5.41, 5.74) is 7.71. The van der Waals surface area contributed by atoms with E-state index >= 15 is 0 Å². The van der Waals surface area contributed by atoms with Crippen molar-refractivity contribution in [2.24, 2.45) is 0 Å². The molecule has 20 heavy (non-hydrogen) atoms. The molecule has 5 heteroatoms. The number of halogens is 1. The maximum absolute atomic E-state index is 6.04. The predicted molar refractivity (Wildman–Crippen MR) is 83.0 cm³/mol. The van der Waals surface area contributed by atoms with E-state index in [2.05, 4.69) is 14.9 Å². The molecule has 104 valence electrons. The van der Waals surface area contributed by atoms with Gasteiger partial charge in [0.2, 0.25) is 5.95 Å². The van der Waals surface area contributed by atoms with Crippen LogP contribution in [0.25, 0.3) is 11.3 Å². The van der Waals surface area contributed by atoms with E-state index in [4.69, 9.17) is 17.3 Å². The molecule has 0 spiro atoms. The highest BCUT2D eigenvalue weighted by atomic mass is 35.5. The lowest BCUT2D eigenvalue weighted by molar-refractivity contribution is 0.568. The molecule has 2 N–H and O–H groups in total. The molecule has 1 aliphatic heterocycles.